The number of nitrogens with one attached hydrogen (secondary N) is 1. The van der Waals surface area contributed by atoms with Crippen molar-refractivity contribution >= 4 is 28.2 Å². The van der Waals surface area contributed by atoms with Gasteiger partial charge < -0.3 is 10.1 Å². The number of thiophene rings is 1. The van der Waals surface area contributed by atoms with Crippen LogP contribution in [0.1, 0.15) is 22.8 Å². The second-order valence-electron chi connectivity index (χ2n) is 5.11. The molecule has 0 aliphatic carbocycles. The average molecular weight is 368 g/mol. The molecule has 1 amide bonds. The molecular formula is C16H12N6O3S. The fraction of sp³-hybridized carbons (Fsp3) is 0.125. The van der Waals surface area contributed by atoms with Crippen LogP contribution >= 0.6 is 11.3 Å². The van der Waals surface area contributed by atoms with Crippen LogP contribution in [0.3, 0.4) is 0 Å². The number of benzene rings is 1. The highest BCUT2D eigenvalue weighted by atomic mass is 32.1. The maximum Gasteiger partial charge on any atom is 0.338 e. The number of ether oxygens (including phenoxy) is 1. The topological polar surface area (TPSA) is 123 Å². The molecule has 0 spiro atoms. The van der Waals surface area contributed by atoms with Gasteiger partial charge in [0.15, 0.2) is 6.10 Å². The van der Waals surface area contributed by atoms with E-state index in [4.69, 9.17) is 10.00 Å². The summed E-state index contributed by atoms with van der Waals surface area (Å²) in [6.45, 7) is 1.46. The number of aromatic nitrogens is 4. The quantitative estimate of drug-likeness (QED) is 0.681. The van der Waals surface area contributed by atoms with Crippen molar-refractivity contribution < 1.29 is 14.3 Å². The second-order valence-corrected chi connectivity index (χ2v) is 6.03. The van der Waals surface area contributed by atoms with Crippen molar-refractivity contribution in [3.8, 4) is 11.8 Å². The lowest BCUT2D eigenvalue weighted by Crippen LogP contribution is -2.29. The van der Waals surface area contributed by atoms with Crippen molar-refractivity contribution in [1.82, 2.24) is 20.2 Å². The van der Waals surface area contributed by atoms with Gasteiger partial charge in [-0.05, 0) is 53.1 Å². The number of rotatable bonds is 5. The second kappa shape index (κ2) is 7.54. The van der Waals surface area contributed by atoms with E-state index in [2.05, 4.69) is 20.8 Å². The van der Waals surface area contributed by atoms with E-state index in [9.17, 15) is 9.59 Å². The summed E-state index contributed by atoms with van der Waals surface area (Å²) >= 11 is 1.22. The first-order valence-corrected chi connectivity index (χ1v) is 8.29. The average Bonchev–Trinajstić information content (AvgIpc) is 3.33. The molecule has 3 rings (SSSR count). The van der Waals surface area contributed by atoms with E-state index < -0.39 is 18.0 Å². The Kier molecular flexibility index (Phi) is 5.00. The van der Waals surface area contributed by atoms with Crippen LogP contribution in [0.25, 0.3) is 5.69 Å². The fourth-order valence-electron chi connectivity index (χ4n) is 2.02. The summed E-state index contributed by atoms with van der Waals surface area (Å²) < 4.78 is 6.62. The summed E-state index contributed by atoms with van der Waals surface area (Å²) in [6.07, 6.45) is 0.412. The Morgan fingerprint density at radius 2 is 2.08 bits per heavy atom. The molecule has 0 radical (unpaired) electrons. The lowest BCUT2D eigenvalue weighted by Gasteiger charge is -2.13. The normalized spacial score (nSPS) is 11.4. The zero-order valence-corrected chi connectivity index (χ0v) is 14.3. The molecule has 0 unspecified atom stereocenters. The number of anilines is 1. The van der Waals surface area contributed by atoms with Crippen molar-refractivity contribution in [3.05, 3.63) is 53.2 Å². The summed E-state index contributed by atoms with van der Waals surface area (Å²) in [5.41, 5.74) is 1.33. The molecule has 2 aromatic heterocycles. The van der Waals surface area contributed by atoms with Crippen LogP contribution in [-0.4, -0.2) is 38.2 Å². The lowest BCUT2D eigenvalue weighted by molar-refractivity contribution is -0.123. The van der Waals surface area contributed by atoms with Crippen LogP contribution in [-0.2, 0) is 9.53 Å². The minimum absolute atomic E-state index is 0.287. The van der Waals surface area contributed by atoms with Gasteiger partial charge in [0.25, 0.3) is 5.91 Å². The van der Waals surface area contributed by atoms with Crippen molar-refractivity contribution in [2.24, 2.45) is 0 Å². The number of amides is 1. The number of nitriles is 1. The molecule has 0 bridgehead atoms. The van der Waals surface area contributed by atoms with E-state index in [1.54, 1.807) is 35.7 Å². The molecule has 10 heteroatoms. The highest BCUT2D eigenvalue weighted by molar-refractivity contribution is 7.14. The van der Waals surface area contributed by atoms with Gasteiger partial charge in [0, 0.05) is 0 Å². The van der Waals surface area contributed by atoms with Crippen LogP contribution in [0.5, 0.6) is 0 Å². The van der Waals surface area contributed by atoms with Crippen molar-refractivity contribution in [2.75, 3.05) is 5.32 Å². The lowest BCUT2D eigenvalue weighted by atomic mass is 10.2. The van der Waals surface area contributed by atoms with E-state index in [0.29, 0.717) is 16.3 Å². The number of carbonyl (C=O) groups excluding carboxylic acids is 2. The first kappa shape index (κ1) is 17.2. The molecule has 0 fully saturated rings. The van der Waals surface area contributed by atoms with E-state index in [-0.39, 0.29) is 5.56 Å². The van der Waals surface area contributed by atoms with Gasteiger partial charge >= 0.3 is 5.97 Å². The van der Waals surface area contributed by atoms with Gasteiger partial charge in [0.1, 0.15) is 17.4 Å². The van der Waals surface area contributed by atoms with Gasteiger partial charge in [-0.3, -0.25) is 4.79 Å². The van der Waals surface area contributed by atoms with Gasteiger partial charge in [0.05, 0.1) is 16.8 Å². The van der Waals surface area contributed by atoms with Gasteiger partial charge in [-0.25, -0.2) is 9.48 Å². The summed E-state index contributed by atoms with van der Waals surface area (Å²) in [4.78, 5) is 24.3. The Hall–Kier alpha value is -3.58. The van der Waals surface area contributed by atoms with Gasteiger partial charge in [0.2, 0.25) is 0 Å². The number of tetrazole rings is 1. The number of hydrogen-bond acceptors (Lipinski definition) is 8. The molecule has 0 aliphatic rings. The molecular weight excluding hydrogens is 356 g/mol. The first-order chi connectivity index (χ1) is 12.6. The number of carbonyl (C=O) groups is 2. The Morgan fingerprint density at radius 1 is 1.31 bits per heavy atom. The predicted octanol–water partition coefficient (Wildman–Crippen LogP) is 1.78. The predicted molar refractivity (Wildman–Crippen MR) is 91.7 cm³/mol. The molecule has 1 aromatic carbocycles. The smallest absolute Gasteiger partial charge is 0.338 e. The third-order valence-corrected chi connectivity index (χ3v) is 4.22. The zero-order valence-electron chi connectivity index (χ0n) is 13.5. The van der Waals surface area contributed by atoms with Crippen LogP contribution in [0.2, 0.25) is 0 Å². The Morgan fingerprint density at radius 3 is 2.73 bits per heavy atom. The standard InChI is InChI=1S/C16H12N6O3S/c1-10(14(23)19-15-12(8-17)6-7-26-15)25-16(24)11-2-4-13(5-3-11)22-9-18-20-21-22/h2-7,9-10H,1H3,(H,19,23)/t10-/m1/s1. The van der Waals surface area contributed by atoms with Crippen molar-refractivity contribution in [3.63, 3.8) is 0 Å². The van der Waals surface area contributed by atoms with Crippen molar-refractivity contribution in [1.29, 1.82) is 5.26 Å². The molecule has 130 valence electrons. The summed E-state index contributed by atoms with van der Waals surface area (Å²) in [5.74, 6) is -1.15. The SMILES string of the molecule is C[C@@H](OC(=O)c1ccc(-n2cnnn2)cc1)C(=O)Nc1sccc1C#N. The Balaban J connectivity index is 1.62. The Bertz CT molecular complexity index is 959. The van der Waals surface area contributed by atoms with E-state index >= 15 is 0 Å². The van der Waals surface area contributed by atoms with E-state index in [1.165, 1.54) is 29.3 Å². The molecule has 2 heterocycles. The maximum atomic E-state index is 12.2. The molecule has 0 saturated heterocycles. The summed E-state index contributed by atoms with van der Waals surface area (Å²) in [5, 5.41) is 24.5. The molecule has 0 aliphatic heterocycles. The number of hydrogen-bond donors (Lipinski definition) is 1. The number of esters is 1. The molecule has 1 N–H and O–H groups in total. The summed E-state index contributed by atoms with van der Waals surface area (Å²) in [6, 6.07) is 9.99. The summed E-state index contributed by atoms with van der Waals surface area (Å²) in [7, 11) is 0. The van der Waals surface area contributed by atoms with Crippen LogP contribution in [0.15, 0.2) is 42.0 Å². The Labute approximate surface area is 151 Å². The van der Waals surface area contributed by atoms with Crippen molar-refractivity contribution in [2.45, 2.75) is 13.0 Å². The minimum atomic E-state index is -1.02. The van der Waals surface area contributed by atoms with E-state index in [1.807, 2.05) is 6.07 Å². The number of nitrogens with zero attached hydrogens (tertiary/aromatic N) is 5. The molecule has 3 aromatic rings. The minimum Gasteiger partial charge on any atom is -0.449 e. The van der Waals surface area contributed by atoms with Crippen LogP contribution in [0, 0.1) is 11.3 Å². The third kappa shape index (κ3) is 3.73. The van der Waals surface area contributed by atoms with Crippen LogP contribution < -0.4 is 5.32 Å². The largest absolute Gasteiger partial charge is 0.449 e. The monoisotopic (exact) mass is 368 g/mol. The molecule has 0 saturated carbocycles. The highest BCUT2D eigenvalue weighted by Gasteiger charge is 2.20. The van der Waals surface area contributed by atoms with Gasteiger partial charge in [-0.1, -0.05) is 0 Å². The zero-order chi connectivity index (χ0) is 18.5. The first-order valence-electron chi connectivity index (χ1n) is 7.41. The fourth-order valence-corrected chi connectivity index (χ4v) is 2.76. The highest BCUT2D eigenvalue weighted by Crippen LogP contribution is 2.22. The van der Waals surface area contributed by atoms with E-state index in [0.717, 1.165) is 0 Å². The molecule has 1 atom stereocenters. The molecule has 9 nitrogen and oxygen atoms in total. The maximum absolute atomic E-state index is 12.2. The van der Waals surface area contributed by atoms with Gasteiger partial charge in [-0.2, -0.15) is 5.26 Å². The van der Waals surface area contributed by atoms with Gasteiger partial charge in [-0.15, -0.1) is 16.4 Å². The molecule has 26 heavy (non-hydrogen) atoms. The van der Waals surface area contributed by atoms with Crippen LogP contribution in [0.4, 0.5) is 5.00 Å². The third-order valence-electron chi connectivity index (χ3n) is 3.39.